The molecule has 1 saturated carbocycles. The molecule has 0 aliphatic heterocycles. The summed E-state index contributed by atoms with van der Waals surface area (Å²) in [6.07, 6.45) is 0.753. The summed E-state index contributed by atoms with van der Waals surface area (Å²) in [6.45, 7) is 0. The molecule has 2 N–H and O–H groups in total. The second kappa shape index (κ2) is 3.35. The van der Waals surface area contributed by atoms with Gasteiger partial charge in [0.1, 0.15) is 0 Å². The second-order valence-electron chi connectivity index (χ2n) is 4.24. The van der Waals surface area contributed by atoms with Crippen LogP contribution in [0, 0.1) is 5.92 Å². The van der Waals surface area contributed by atoms with Crippen molar-refractivity contribution in [1.29, 1.82) is 0 Å². The second-order valence-corrected chi connectivity index (χ2v) is 5.16. The van der Waals surface area contributed by atoms with Crippen molar-refractivity contribution in [3.8, 4) is 0 Å². The summed E-state index contributed by atoms with van der Waals surface area (Å²) in [4.78, 5) is 14.1. The van der Waals surface area contributed by atoms with Gasteiger partial charge in [0.2, 0.25) is 0 Å². The Labute approximate surface area is 101 Å². The minimum absolute atomic E-state index is 0.170. The van der Waals surface area contributed by atoms with Crippen LogP contribution in [0.3, 0.4) is 0 Å². The minimum Gasteiger partial charge on any atom is -0.481 e. The van der Waals surface area contributed by atoms with Gasteiger partial charge >= 0.3 is 5.97 Å². The predicted molar refractivity (Wildman–Crippen MR) is 64.5 cm³/mol. The molecule has 1 heterocycles. The molecule has 1 aliphatic carbocycles. The van der Waals surface area contributed by atoms with Crippen LogP contribution in [0.1, 0.15) is 18.0 Å². The van der Waals surface area contributed by atoms with Gasteiger partial charge in [-0.25, -0.2) is 0 Å². The number of aromatic nitrogens is 1. The van der Waals surface area contributed by atoms with Gasteiger partial charge in [0, 0.05) is 27.0 Å². The number of hydrogen-bond donors (Lipinski definition) is 2. The van der Waals surface area contributed by atoms with Gasteiger partial charge in [-0.3, -0.25) is 4.79 Å². The quantitative estimate of drug-likeness (QED) is 0.888. The molecule has 1 aromatic carbocycles. The van der Waals surface area contributed by atoms with E-state index < -0.39 is 5.97 Å². The van der Waals surface area contributed by atoms with Crippen molar-refractivity contribution >= 4 is 32.8 Å². The molecule has 2 atom stereocenters. The number of carbonyl (C=O) groups is 1. The molecule has 2 unspecified atom stereocenters. The van der Waals surface area contributed by atoms with Crippen molar-refractivity contribution in [2.24, 2.45) is 5.92 Å². The Morgan fingerprint density at radius 2 is 2.25 bits per heavy atom. The topological polar surface area (TPSA) is 53.1 Å². The van der Waals surface area contributed by atoms with E-state index in [4.69, 9.17) is 5.11 Å². The van der Waals surface area contributed by atoms with Crippen LogP contribution in [0.5, 0.6) is 0 Å². The lowest BCUT2D eigenvalue weighted by molar-refractivity contribution is -0.138. The van der Waals surface area contributed by atoms with E-state index in [1.54, 1.807) is 0 Å². The first-order chi connectivity index (χ1) is 7.65. The maximum atomic E-state index is 10.8. The van der Waals surface area contributed by atoms with E-state index in [2.05, 4.69) is 20.9 Å². The fraction of sp³-hybridized carbons (Fsp3) is 0.250. The summed E-state index contributed by atoms with van der Waals surface area (Å²) < 4.78 is 1.04. The van der Waals surface area contributed by atoms with E-state index in [1.165, 1.54) is 0 Å². The number of hydrogen-bond acceptors (Lipinski definition) is 1. The fourth-order valence-corrected chi connectivity index (χ4v) is 2.52. The third-order valence-corrected chi connectivity index (χ3v) is 3.60. The molecule has 3 nitrogen and oxygen atoms in total. The smallest absolute Gasteiger partial charge is 0.307 e. The molecule has 2 aromatic rings. The lowest BCUT2D eigenvalue weighted by atomic mass is 10.2. The number of fused-ring (bicyclic) bond motifs is 1. The van der Waals surface area contributed by atoms with Gasteiger partial charge in [-0.2, -0.15) is 0 Å². The monoisotopic (exact) mass is 279 g/mol. The number of aliphatic carboxylic acids is 1. The molecule has 82 valence electrons. The Hall–Kier alpha value is -1.29. The van der Waals surface area contributed by atoms with E-state index in [9.17, 15) is 4.79 Å². The number of carboxylic acids is 1. The number of aromatic amines is 1. The zero-order chi connectivity index (χ0) is 11.3. The van der Waals surface area contributed by atoms with Crippen LogP contribution in [-0.2, 0) is 4.79 Å². The third-order valence-electron chi connectivity index (χ3n) is 3.11. The van der Waals surface area contributed by atoms with Crippen LogP contribution in [0.15, 0.2) is 28.7 Å². The lowest BCUT2D eigenvalue weighted by Crippen LogP contribution is -1.98. The molecular formula is C12H10BrNO2. The number of halogens is 1. The number of H-pyrrole nitrogens is 1. The normalized spacial score (nSPS) is 23.6. The van der Waals surface area contributed by atoms with Crippen molar-refractivity contribution in [1.82, 2.24) is 4.98 Å². The van der Waals surface area contributed by atoms with Crippen LogP contribution in [0.25, 0.3) is 10.9 Å². The molecule has 1 aromatic heterocycles. The molecule has 0 amide bonds. The van der Waals surface area contributed by atoms with Crippen LogP contribution in [0.4, 0.5) is 0 Å². The molecule has 16 heavy (non-hydrogen) atoms. The van der Waals surface area contributed by atoms with Gasteiger partial charge in [0.05, 0.1) is 5.92 Å². The van der Waals surface area contributed by atoms with Crippen LogP contribution < -0.4 is 0 Å². The Morgan fingerprint density at radius 1 is 1.44 bits per heavy atom. The highest BCUT2D eigenvalue weighted by atomic mass is 79.9. The van der Waals surface area contributed by atoms with Crippen LogP contribution in [-0.4, -0.2) is 16.1 Å². The number of carboxylic acid groups (broad SMARTS) is 1. The summed E-state index contributed by atoms with van der Waals surface area (Å²) in [5, 5.41) is 10.0. The van der Waals surface area contributed by atoms with Gasteiger partial charge < -0.3 is 10.1 Å². The molecular weight excluding hydrogens is 270 g/mol. The lowest BCUT2D eigenvalue weighted by Gasteiger charge is -1.91. The fourth-order valence-electron chi connectivity index (χ4n) is 2.14. The summed E-state index contributed by atoms with van der Waals surface area (Å²) in [5.74, 6) is -0.718. The number of benzene rings is 1. The molecule has 1 fully saturated rings. The highest BCUT2D eigenvalue weighted by molar-refractivity contribution is 9.10. The zero-order valence-electron chi connectivity index (χ0n) is 8.40. The highest BCUT2D eigenvalue weighted by Gasteiger charge is 2.45. The molecule has 0 spiro atoms. The van der Waals surface area contributed by atoms with Crippen LogP contribution >= 0.6 is 15.9 Å². The van der Waals surface area contributed by atoms with Crippen molar-refractivity contribution in [2.75, 3.05) is 0 Å². The van der Waals surface area contributed by atoms with E-state index in [-0.39, 0.29) is 11.8 Å². The number of nitrogens with one attached hydrogen (secondary N) is 1. The zero-order valence-corrected chi connectivity index (χ0v) is 9.99. The average Bonchev–Trinajstić information content (AvgIpc) is 2.93. The Morgan fingerprint density at radius 3 is 2.94 bits per heavy atom. The van der Waals surface area contributed by atoms with Gasteiger partial charge in [0.15, 0.2) is 0 Å². The number of rotatable bonds is 2. The Bertz CT molecular complexity index is 575. The van der Waals surface area contributed by atoms with E-state index in [0.717, 1.165) is 27.5 Å². The van der Waals surface area contributed by atoms with Gasteiger partial charge in [0.25, 0.3) is 0 Å². The predicted octanol–water partition coefficient (Wildman–Crippen LogP) is 3.12. The molecule has 1 aliphatic rings. The van der Waals surface area contributed by atoms with E-state index in [1.807, 2.05) is 24.3 Å². The first-order valence-corrected chi connectivity index (χ1v) is 5.95. The van der Waals surface area contributed by atoms with Gasteiger partial charge in [-0.15, -0.1) is 0 Å². The van der Waals surface area contributed by atoms with E-state index in [0.29, 0.717) is 0 Å². The maximum Gasteiger partial charge on any atom is 0.307 e. The first-order valence-electron chi connectivity index (χ1n) is 5.16. The minimum atomic E-state index is -0.690. The summed E-state index contributed by atoms with van der Waals surface area (Å²) >= 11 is 3.42. The van der Waals surface area contributed by atoms with Crippen molar-refractivity contribution < 1.29 is 9.90 Å². The Kier molecular flexibility index (Phi) is 2.07. The highest BCUT2D eigenvalue weighted by Crippen LogP contribution is 2.47. The average molecular weight is 280 g/mol. The largest absolute Gasteiger partial charge is 0.481 e. The van der Waals surface area contributed by atoms with Gasteiger partial charge in [-0.05, 0) is 30.7 Å². The maximum absolute atomic E-state index is 10.8. The Balaban J connectivity index is 1.98. The summed E-state index contributed by atoms with van der Waals surface area (Å²) in [6, 6.07) is 8.06. The van der Waals surface area contributed by atoms with Gasteiger partial charge in [-0.1, -0.05) is 15.9 Å². The van der Waals surface area contributed by atoms with Crippen molar-refractivity contribution in [2.45, 2.75) is 12.3 Å². The van der Waals surface area contributed by atoms with Crippen molar-refractivity contribution in [3.63, 3.8) is 0 Å². The molecule has 4 heteroatoms. The van der Waals surface area contributed by atoms with Crippen molar-refractivity contribution in [3.05, 3.63) is 34.4 Å². The summed E-state index contributed by atoms with van der Waals surface area (Å²) in [7, 11) is 0. The molecule has 0 bridgehead atoms. The van der Waals surface area contributed by atoms with Crippen LogP contribution in [0.2, 0.25) is 0 Å². The molecule has 0 saturated heterocycles. The SMILES string of the molecule is O=C(O)C1CC1c1cc2cc(Br)ccc2[nH]1. The molecule has 0 radical (unpaired) electrons. The van der Waals surface area contributed by atoms with E-state index >= 15 is 0 Å². The molecule has 3 rings (SSSR count). The third kappa shape index (κ3) is 1.53. The standard InChI is InChI=1S/C12H10BrNO2/c13-7-1-2-10-6(3-7)4-11(14-10)8-5-9(8)12(15)16/h1-4,8-9,14H,5H2,(H,15,16). The summed E-state index contributed by atoms with van der Waals surface area (Å²) in [5.41, 5.74) is 2.11. The first kappa shape index (κ1) is 9.90.